The molecule has 154 valence electrons. The molecule has 1 saturated heterocycles. The molecule has 2 rings (SSSR count). The molecule has 0 N–H and O–H groups in total. The van der Waals surface area contributed by atoms with Crippen molar-refractivity contribution in [1.29, 1.82) is 0 Å². The molecule has 2 fully saturated rings. The summed E-state index contributed by atoms with van der Waals surface area (Å²) >= 11 is 0. The minimum atomic E-state index is -1.29. The van der Waals surface area contributed by atoms with Crippen molar-refractivity contribution in [2.45, 2.75) is 134 Å². The number of epoxide rings is 1. The molecule has 26 heavy (non-hydrogen) atoms. The Bertz CT molecular complexity index is 358. The van der Waals surface area contributed by atoms with Crippen molar-refractivity contribution >= 4 is 8.32 Å². The lowest BCUT2D eigenvalue weighted by atomic mass is 9.85. The monoisotopic (exact) mass is 382 g/mol. The first-order chi connectivity index (χ1) is 12.6. The van der Waals surface area contributed by atoms with Gasteiger partial charge in [-0.3, -0.25) is 0 Å². The zero-order chi connectivity index (χ0) is 18.7. The molecule has 0 aromatic carbocycles. The van der Waals surface area contributed by atoms with E-state index in [4.69, 9.17) is 9.16 Å². The quantitative estimate of drug-likeness (QED) is 0.157. The minimum absolute atomic E-state index is 0.674. The average molecular weight is 383 g/mol. The van der Waals surface area contributed by atoms with E-state index in [1.54, 1.807) is 0 Å². The Hall–Kier alpha value is 0.137. The van der Waals surface area contributed by atoms with E-state index in [2.05, 4.69) is 13.1 Å². The van der Waals surface area contributed by atoms with Gasteiger partial charge in [0.25, 0.3) is 0 Å². The second-order valence-electron chi connectivity index (χ2n) is 9.64. The topological polar surface area (TPSA) is 21.8 Å². The first-order valence-electron chi connectivity index (χ1n) is 11.8. The van der Waals surface area contributed by atoms with Crippen LogP contribution < -0.4 is 0 Å². The lowest BCUT2D eigenvalue weighted by Gasteiger charge is -2.19. The van der Waals surface area contributed by atoms with Crippen LogP contribution in [0, 0.1) is 5.92 Å². The summed E-state index contributed by atoms with van der Waals surface area (Å²) in [5.74, 6) is 0.988. The van der Waals surface area contributed by atoms with Crippen LogP contribution in [0.2, 0.25) is 19.1 Å². The summed E-state index contributed by atoms with van der Waals surface area (Å²) in [6, 6.07) is 1.33. The van der Waals surface area contributed by atoms with Gasteiger partial charge < -0.3 is 9.16 Å². The Labute approximate surface area is 164 Å². The van der Waals surface area contributed by atoms with Crippen molar-refractivity contribution in [2.24, 2.45) is 5.92 Å². The molecule has 1 heterocycles. The number of rotatable bonds is 16. The average Bonchev–Trinajstić information content (AvgIpc) is 3.40. The van der Waals surface area contributed by atoms with E-state index >= 15 is 0 Å². The van der Waals surface area contributed by atoms with Crippen molar-refractivity contribution in [3.8, 4) is 0 Å². The molecule has 0 aromatic heterocycles. The van der Waals surface area contributed by atoms with E-state index in [0.717, 1.165) is 5.92 Å². The number of fused-ring (bicyclic) bond motifs is 1. The lowest BCUT2D eigenvalue weighted by Crippen LogP contribution is -2.27. The molecule has 2 nitrogen and oxygen atoms in total. The molecule has 1 aliphatic heterocycles. The van der Waals surface area contributed by atoms with Gasteiger partial charge >= 0.3 is 0 Å². The molecule has 0 radical (unpaired) electrons. The van der Waals surface area contributed by atoms with Gasteiger partial charge in [0.1, 0.15) is 0 Å². The van der Waals surface area contributed by atoms with Crippen LogP contribution in [0.3, 0.4) is 0 Å². The van der Waals surface area contributed by atoms with Gasteiger partial charge in [-0.25, -0.2) is 0 Å². The normalized spacial score (nSPS) is 25.3. The predicted octanol–water partition coefficient (Wildman–Crippen LogP) is 7.48. The van der Waals surface area contributed by atoms with Crippen molar-refractivity contribution in [3.63, 3.8) is 0 Å². The van der Waals surface area contributed by atoms with Crippen LogP contribution in [0.15, 0.2) is 0 Å². The van der Waals surface area contributed by atoms with Crippen molar-refractivity contribution in [3.05, 3.63) is 0 Å². The summed E-state index contributed by atoms with van der Waals surface area (Å²) in [4.78, 5) is 0. The highest BCUT2D eigenvalue weighted by Gasteiger charge is 2.43. The molecule has 2 aliphatic rings. The molecule has 1 saturated carbocycles. The fourth-order valence-electron chi connectivity index (χ4n) is 4.60. The zero-order valence-electron chi connectivity index (χ0n) is 18.1. The van der Waals surface area contributed by atoms with Gasteiger partial charge in [-0.15, -0.1) is 0 Å². The third-order valence-electron chi connectivity index (χ3n) is 6.81. The summed E-state index contributed by atoms with van der Waals surface area (Å²) in [7, 11) is 0.595. The van der Waals surface area contributed by atoms with E-state index in [9.17, 15) is 0 Å². The third-order valence-corrected chi connectivity index (χ3v) is 9.47. The number of hydrogen-bond acceptors (Lipinski definition) is 2. The van der Waals surface area contributed by atoms with Gasteiger partial charge in [-0.1, -0.05) is 83.5 Å². The predicted molar refractivity (Wildman–Crippen MR) is 115 cm³/mol. The van der Waals surface area contributed by atoms with Crippen molar-refractivity contribution < 1.29 is 9.16 Å². The highest BCUT2D eigenvalue weighted by Crippen LogP contribution is 2.41. The molecule has 0 amide bonds. The summed E-state index contributed by atoms with van der Waals surface area (Å²) in [5.41, 5.74) is 0. The Morgan fingerprint density at radius 1 is 0.731 bits per heavy atom. The maximum absolute atomic E-state index is 5.64. The fraction of sp³-hybridized carbons (Fsp3) is 1.00. The van der Waals surface area contributed by atoms with Crippen LogP contribution >= 0.6 is 0 Å². The molecule has 3 atom stereocenters. The van der Waals surface area contributed by atoms with E-state index in [1.165, 1.54) is 109 Å². The minimum Gasteiger partial charge on any atom is -0.420 e. The molecule has 0 spiro atoms. The summed E-state index contributed by atoms with van der Waals surface area (Å²) in [5, 5.41) is 0. The van der Waals surface area contributed by atoms with Crippen molar-refractivity contribution in [1.82, 2.24) is 0 Å². The van der Waals surface area contributed by atoms with Crippen LogP contribution in [0.5, 0.6) is 0 Å². The van der Waals surface area contributed by atoms with Crippen LogP contribution in [-0.4, -0.2) is 27.6 Å². The second-order valence-corrected chi connectivity index (χ2v) is 14.1. The maximum atomic E-state index is 5.64. The number of hydrogen-bond donors (Lipinski definition) is 0. The molecular formula is C23H46O2Si. The zero-order valence-corrected chi connectivity index (χ0v) is 19.1. The summed E-state index contributed by atoms with van der Waals surface area (Å²) in [6.45, 7) is 4.67. The van der Waals surface area contributed by atoms with E-state index < -0.39 is 8.32 Å². The Kier molecular flexibility index (Phi) is 10.8. The largest absolute Gasteiger partial charge is 0.420 e. The molecule has 0 bridgehead atoms. The first-order valence-corrected chi connectivity index (χ1v) is 14.9. The van der Waals surface area contributed by atoms with Gasteiger partial charge in [0.2, 0.25) is 0 Å². The van der Waals surface area contributed by atoms with E-state index in [-0.39, 0.29) is 0 Å². The standard InChI is InChI=1S/C23H46O2Si/c1-24-26(2,3)19-15-13-11-9-7-5-4-6-8-10-12-14-16-21-17-18-22-23(20-21)25-22/h21-23H,4-20H2,1-3H3. The summed E-state index contributed by atoms with van der Waals surface area (Å²) in [6.07, 6.45) is 24.4. The van der Waals surface area contributed by atoms with E-state index in [0.29, 0.717) is 12.2 Å². The van der Waals surface area contributed by atoms with Gasteiger partial charge in [0.15, 0.2) is 8.32 Å². The summed E-state index contributed by atoms with van der Waals surface area (Å²) < 4.78 is 11.3. The molecule has 1 aliphatic carbocycles. The van der Waals surface area contributed by atoms with E-state index in [1.807, 2.05) is 7.11 Å². The van der Waals surface area contributed by atoms with Gasteiger partial charge in [0, 0.05) is 7.11 Å². The van der Waals surface area contributed by atoms with Gasteiger partial charge in [-0.05, 0) is 44.3 Å². The lowest BCUT2D eigenvalue weighted by molar-refractivity contribution is 0.343. The molecule has 3 heteroatoms. The number of ether oxygens (including phenoxy) is 1. The highest BCUT2D eigenvalue weighted by atomic mass is 28.4. The Balaban J connectivity index is 1.24. The van der Waals surface area contributed by atoms with Crippen LogP contribution in [0.4, 0.5) is 0 Å². The maximum Gasteiger partial charge on any atom is 0.186 e. The third kappa shape index (κ3) is 9.89. The van der Waals surface area contributed by atoms with Gasteiger partial charge in [0.05, 0.1) is 12.2 Å². The number of unbranched alkanes of at least 4 members (excludes halogenated alkanes) is 11. The Morgan fingerprint density at radius 3 is 1.81 bits per heavy atom. The fourth-order valence-corrected chi connectivity index (χ4v) is 5.91. The second kappa shape index (κ2) is 12.6. The van der Waals surface area contributed by atoms with Crippen LogP contribution in [0.1, 0.15) is 103 Å². The first kappa shape index (κ1) is 22.4. The van der Waals surface area contributed by atoms with Crippen LogP contribution in [0.25, 0.3) is 0 Å². The smallest absolute Gasteiger partial charge is 0.186 e. The Morgan fingerprint density at radius 2 is 1.27 bits per heavy atom. The van der Waals surface area contributed by atoms with Crippen LogP contribution in [-0.2, 0) is 9.16 Å². The van der Waals surface area contributed by atoms with Crippen molar-refractivity contribution in [2.75, 3.05) is 7.11 Å². The highest BCUT2D eigenvalue weighted by molar-refractivity contribution is 6.71. The molecular weight excluding hydrogens is 336 g/mol. The van der Waals surface area contributed by atoms with Gasteiger partial charge in [-0.2, -0.15) is 0 Å². The molecule has 0 aromatic rings. The molecule has 3 unspecified atom stereocenters. The SMILES string of the molecule is CO[Si](C)(C)CCCCCCCCCCCCCCC1CCC2OC2C1.